The van der Waals surface area contributed by atoms with E-state index < -0.39 is 5.97 Å². The first kappa shape index (κ1) is 20.8. The molecular weight excluding hydrogens is 412 g/mol. The van der Waals surface area contributed by atoms with E-state index in [1.165, 1.54) is 18.6 Å². The smallest absolute Gasteiger partial charge is 0.410 e. The first-order valence-corrected chi connectivity index (χ1v) is 10.8. The molecule has 3 aromatic rings. The number of benzene rings is 2. The summed E-state index contributed by atoms with van der Waals surface area (Å²) in [5.41, 5.74) is 4.50. The van der Waals surface area contributed by atoms with Crippen LogP contribution in [0.2, 0.25) is 0 Å². The summed E-state index contributed by atoms with van der Waals surface area (Å²) in [4.78, 5) is 26.5. The highest BCUT2D eigenvalue weighted by Gasteiger charge is 2.29. The Balaban J connectivity index is 1.59. The van der Waals surface area contributed by atoms with Crippen molar-refractivity contribution in [3.63, 3.8) is 0 Å². The fraction of sp³-hybridized carbons (Fsp3) is 0.208. The number of amides is 1. The molecule has 1 atom stereocenters. The number of hydrogen-bond acceptors (Lipinski definition) is 6. The number of methoxy groups -OCH3 is 1. The fourth-order valence-corrected chi connectivity index (χ4v) is 4.13. The lowest BCUT2D eigenvalue weighted by molar-refractivity contribution is 0.0600. The molecule has 0 bridgehead atoms. The Morgan fingerprint density at radius 2 is 1.90 bits per heavy atom. The Bertz CT molecular complexity index is 1060. The van der Waals surface area contributed by atoms with Gasteiger partial charge in [-0.3, -0.25) is 4.90 Å². The maximum atomic E-state index is 13.0. The standard InChI is InChI=1S/C24H22N2O4S/c1-29-23(27)19-9-7-18(8-10-19)22-13-20(21-14-25-31-16-21)11-12-26(22)24(28)30-15-17-5-3-2-4-6-17/h2-10,13-14,16,22H,11-12,15H2,1H3/t22-/m0/s1. The van der Waals surface area contributed by atoms with Crippen molar-refractivity contribution in [2.24, 2.45) is 0 Å². The van der Waals surface area contributed by atoms with Crippen molar-refractivity contribution in [3.8, 4) is 0 Å². The summed E-state index contributed by atoms with van der Waals surface area (Å²) in [6.07, 6.45) is 4.27. The predicted molar refractivity (Wildman–Crippen MR) is 119 cm³/mol. The van der Waals surface area contributed by atoms with E-state index in [0.29, 0.717) is 12.1 Å². The summed E-state index contributed by atoms with van der Waals surface area (Å²) in [7, 11) is 1.35. The summed E-state index contributed by atoms with van der Waals surface area (Å²) in [5.74, 6) is -0.394. The van der Waals surface area contributed by atoms with Crippen molar-refractivity contribution in [2.75, 3.05) is 13.7 Å². The molecule has 6 nitrogen and oxygen atoms in total. The minimum absolute atomic E-state index is 0.217. The van der Waals surface area contributed by atoms with Crippen molar-refractivity contribution in [2.45, 2.75) is 19.1 Å². The Kier molecular flexibility index (Phi) is 6.43. The summed E-state index contributed by atoms with van der Waals surface area (Å²) >= 11 is 1.40. The number of carbonyl (C=O) groups excluding carboxylic acids is 2. The van der Waals surface area contributed by atoms with Crippen LogP contribution in [0.4, 0.5) is 4.79 Å². The highest BCUT2D eigenvalue weighted by molar-refractivity contribution is 7.03. The van der Waals surface area contributed by atoms with Gasteiger partial charge in [-0.05, 0) is 46.8 Å². The lowest BCUT2D eigenvalue weighted by Gasteiger charge is -2.34. The number of aromatic nitrogens is 1. The third kappa shape index (κ3) is 4.83. The Morgan fingerprint density at radius 3 is 2.58 bits per heavy atom. The van der Waals surface area contributed by atoms with E-state index in [9.17, 15) is 9.59 Å². The zero-order valence-corrected chi connectivity index (χ0v) is 17.9. The first-order chi connectivity index (χ1) is 15.2. The molecule has 2 aromatic carbocycles. The van der Waals surface area contributed by atoms with Crippen LogP contribution in [0.15, 0.2) is 72.3 Å². The van der Waals surface area contributed by atoms with Crippen LogP contribution in [0.1, 0.15) is 39.5 Å². The van der Waals surface area contributed by atoms with Gasteiger partial charge < -0.3 is 9.47 Å². The fourth-order valence-electron chi connectivity index (χ4n) is 3.57. The molecule has 0 N–H and O–H groups in total. The maximum absolute atomic E-state index is 13.0. The summed E-state index contributed by atoms with van der Waals surface area (Å²) in [6.45, 7) is 0.744. The van der Waals surface area contributed by atoms with Crippen molar-refractivity contribution in [1.82, 2.24) is 9.27 Å². The third-order valence-electron chi connectivity index (χ3n) is 5.23. The van der Waals surface area contributed by atoms with Crippen molar-refractivity contribution >= 4 is 29.2 Å². The van der Waals surface area contributed by atoms with E-state index >= 15 is 0 Å². The minimum atomic E-state index is -0.394. The molecule has 0 saturated carbocycles. The average Bonchev–Trinajstić information content (AvgIpc) is 3.37. The highest BCUT2D eigenvalue weighted by Crippen LogP contribution is 2.34. The Labute approximate surface area is 184 Å². The third-order valence-corrected chi connectivity index (χ3v) is 5.82. The molecule has 2 heterocycles. The number of esters is 1. The van der Waals surface area contributed by atoms with Crippen LogP contribution in [-0.2, 0) is 16.1 Å². The molecule has 1 aliphatic heterocycles. The summed E-state index contributed by atoms with van der Waals surface area (Å²) in [5, 5.41) is 2.01. The molecule has 7 heteroatoms. The summed E-state index contributed by atoms with van der Waals surface area (Å²) in [6, 6.07) is 16.4. The molecule has 0 unspecified atom stereocenters. The van der Waals surface area contributed by atoms with Crippen LogP contribution < -0.4 is 0 Å². The molecule has 1 aromatic heterocycles. The van der Waals surface area contributed by atoms with Crippen LogP contribution in [0, 0.1) is 0 Å². The molecule has 158 valence electrons. The monoisotopic (exact) mass is 434 g/mol. The molecule has 0 aliphatic carbocycles. The Morgan fingerprint density at radius 1 is 1.13 bits per heavy atom. The number of nitrogens with zero attached hydrogens (tertiary/aromatic N) is 2. The van der Waals surface area contributed by atoms with E-state index in [2.05, 4.69) is 10.4 Å². The van der Waals surface area contributed by atoms with E-state index in [1.807, 2.05) is 54.0 Å². The van der Waals surface area contributed by atoms with Gasteiger partial charge in [0.05, 0.1) is 18.7 Å². The van der Waals surface area contributed by atoms with Gasteiger partial charge in [0, 0.05) is 23.7 Å². The molecule has 4 rings (SSSR count). The second-order valence-electron chi connectivity index (χ2n) is 7.15. The normalized spacial score (nSPS) is 15.8. The zero-order chi connectivity index (χ0) is 21.6. The molecule has 31 heavy (non-hydrogen) atoms. The Hall–Kier alpha value is -3.45. The predicted octanol–water partition coefficient (Wildman–Crippen LogP) is 5.10. The van der Waals surface area contributed by atoms with E-state index in [-0.39, 0.29) is 18.7 Å². The SMILES string of the molecule is COC(=O)c1ccc([C@@H]2C=C(c3cnsc3)CCN2C(=O)OCc2ccccc2)cc1. The zero-order valence-electron chi connectivity index (χ0n) is 17.1. The molecule has 0 spiro atoms. The maximum Gasteiger partial charge on any atom is 0.410 e. The van der Waals surface area contributed by atoms with Gasteiger partial charge in [-0.25, -0.2) is 14.0 Å². The van der Waals surface area contributed by atoms with Gasteiger partial charge in [0.15, 0.2) is 0 Å². The molecule has 1 aliphatic rings. The summed E-state index contributed by atoms with van der Waals surface area (Å²) < 4.78 is 14.6. The largest absolute Gasteiger partial charge is 0.465 e. The topological polar surface area (TPSA) is 68.7 Å². The number of rotatable bonds is 5. The number of hydrogen-bond donors (Lipinski definition) is 0. The number of carbonyl (C=O) groups is 2. The van der Waals surface area contributed by atoms with Gasteiger partial charge in [-0.1, -0.05) is 48.5 Å². The minimum Gasteiger partial charge on any atom is -0.465 e. The molecule has 0 radical (unpaired) electrons. The van der Waals surface area contributed by atoms with Gasteiger partial charge in [-0.2, -0.15) is 0 Å². The lowest BCUT2D eigenvalue weighted by atomic mass is 9.93. The van der Waals surface area contributed by atoms with E-state index in [1.54, 1.807) is 17.0 Å². The van der Waals surface area contributed by atoms with Crippen molar-refractivity contribution < 1.29 is 19.1 Å². The molecule has 0 fully saturated rings. The molecular formula is C24H22N2O4S. The van der Waals surface area contributed by atoms with Gasteiger partial charge in [0.2, 0.25) is 0 Å². The average molecular weight is 435 g/mol. The highest BCUT2D eigenvalue weighted by atomic mass is 32.1. The van der Waals surface area contributed by atoms with Crippen LogP contribution in [0.3, 0.4) is 0 Å². The lowest BCUT2D eigenvalue weighted by Crippen LogP contribution is -2.37. The molecule has 1 amide bonds. The van der Waals surface area contributed by atoms with Gasteiger partial charge in [0.25, 0.3) is 0 Å². The van der Waals surface area contributed by atoms with E-state index in [4.69, 9.17) is 9.47 Å². The van der Waals surface area contributed by atoms with Crippen LogP contribution in [0.5, 0.6) is 0 Å². The van der Waals surface area contributed by atoms with Crippen molar-refractivity contribution in [1.29, 1.82) is 0 Å². The van der Waals surface area contributed by atoms with Gasteiger partial charge in [0.1, 0.15) is 6.61 Å². The van der Waals surface area contributed by atoms with Crippen molar-refractivity contribution in [3.05, 3.63) is 94.5 Å². The van der Waals surface area contributed by atoms with Gasteiger partial charge >= 0.3 is 12.1 Å². The second-order valence-corrected chi connectivity index (χ2v) is 7.80. The van der Waals surface area contributed by atoms with Crippen LogP contribution in [0.25, 0.3) is 5.57 Å². The van der Waals surface area contributed by atoms with Crippen LogP contribution >= 0.6 is 11.5 Å². The molecule has 0 saturated heterocycles. The quantitative estimate of drug-likeness (QED) is 0.523. The van der Waals surface area contributed by atoms with Crippen LogP contribution in [-0.4, -0.2) is 35.0 Å². The first-order valence-electron chi connectivity index (χ1n) is 9.92. The number of ether oxygens (including phenoxy) is 2. The second kappa shape index (κ2) is 9.57. The van der Waals surface area contributed by atoms with E-state index in [0.717, 1.165) is 28.7 Å². The van der Waals surface area contributed by atoms with Gasteiger partial charge in [-0.15, -0.1) is 0 Å².